The van der Waals surface area contributed by atoms with Crippen LogP contribution in [-0.4, -0.2) is 60.9 Å². The Bertz CT molecular complexity index is 135. The lowest BCUT2D eigenvalue weighted by Gasteiger charge is -2.32. The van der Waals surface area contributed by atoms with Crippen LogP contribution in [0, 0.1) is 4.91 Å². The summed E-state index contributed by atoms with van der Waals surface area (Å²) in [7, 11) is 0. The van der Waals surface area contributed by atoms with E-state index in [-0.39, 0.29) is 6.73 Å². The van der Waals surface area contributed by atoms with Gasteiger partial charge in [-0.1, -0.05) is 5.18 Å². The van der Waals surface area contributed by atoms with Crippen LogP contribution in [0.15, 0.2) is 5.18 Å². The predicted molar refractivity (Wildman–Crippen MR) is 45.8 cm³/mol. The molecule has 0 radical (unpaired) electrons. The van der Waals surface area contributed by atoms with Gasteiger partial charge in [0.1, 0.15) is 0 Å². The molecule has 0 aromatic carbocycles. The topological polar surface area (TPSA) is 56.1 Å². The minimum Gasteiger partial charge on any atom is -0.381 e. The molecule has 0 unspecified atom stereocenters. The summed E-state index contributed by atoms with van der Waals surface area (Å²) in [5.41, 5.74) is 0. The van der Waals surface area contributed by atoms with Crippen LogP contribution in [0.2, 0.25) is 0 Å². The molecule has 0 spiro atoms. The molecule has 12 heavy (non-hydrogen) atoms. The Morgan fingerprint density at radius 3 is 2.25 bits per heavy atom. The highest BCUT2D eigenvalue weighted by molar-refractivity contribution is 4.70. The van der Waals surface area contributed by atoms with E-state index in [1.807, 2.05) is 4.90 Å². The van der Waals surface area contributed by atoms with Gasteiger partial charge in [0.15, 0.2) is 0 Å². The minimum absolute atomic E-state index is 0.139. The second-order valence-electron chi connectivity index (χ2n) is 2.95. The Kier molecular flexibility index (Phi) is 4.13. The number of piperazine rings is 1. The van der Waals surface area contributed by atoms with Gasteiger partial charge < -0.3 is 5.11 Å². The van der Waals surface area contributed by atoms with Crippen molar-refractivity contribution in [1.82, 2.24) is 9.80 Å². The van der Waals surface area contributed by atoms with E-state index in [0.717, 1.165) is 32.7 Å². The van der Waals surface area contributed by atoms with Crippen LogP contribution in [0.25, 0.3) is 0 Å². The van der Waals surface area contributed by atoms with E-state index >= 15 is 0 Å². The lowest BCUT2D eigenvalue weighted by atomic mass is 10.3. The molecule has 1 saturated heterocycles. The molecule has 70 valence electrons. The number of rotatable bonds is 4. The standard InChI is InChI=1S/C7H15N3O2/c11-7-10-5-3-9(4-6-10)2-1-8-12/h11H,1-7H2. The predicted octanol–water partition coefficient (Wildman–Crippen LogP) is -0.680. The van der Waals surface area contributed by atoms with E-state index < -0.39 is 0 Å². The quantitative estimate of drug-likeness (QED) is 0.572. The zero-order valence-electron chi connectivity index (χ0n) is 7.15. The van der Waals surface area contributed by atoms with E-state index in [4.69, 9.17) is 5.11 Å². The molecule has 1 aliphatic rings. The second-order valence-corrected chi connectivity index (χ2v) is 2.95. The third-order valence-electron chi connectivity index (χ3n) is 2.17. The average molecular weight is 173 g/mol. The van der Waals surface area contributed by atoms with E-state index in [9.17, 15) is 4.91 Å². The van der Waals surface area contributed by atoms with Crippen LogP contribution in [0.1, 0.15) is 0 Å². The normalized spacial score (nSPS) is 21.1. The molecule has 0 aliphatic carbocycles. The maximum Gasteiger partial charge on any atom is 0.0957 e. The summed E-state index contributed by atoms with van der Waals surface area (Å²) in [6.07, 6.45) is 0. The Labute approximate surface area is 71.9 Å². The van der Waals surface area contributed by atoms with Crippen molar-refractivity contribution < 1.29 is 5.11 Å². The van der Waals surface area contributed by atoms with Crippen LogP contribution in [0.3, 0.4) is 0 Å². The smallest absolute Gasteiger partial charge is 0.0957 e. The summed E-state index contributed by atoms with van der Waals surface area (Å²) in [6, 6.07) is 0. The molecule has 5 nitrogen and oxygen atoms in total. The molecule has 0 bridgehead atoms. The molecule has 0 saturated carbocycles. The zero-order chi connectivity index (χ0) is 8.81. The maximum atomic E-state index is 9.84. The van der Waals surface area contributed by atoms with E-state index in [0.29, 0.717) is 6.54 Å². The molecule has 0 aromatic heterocycles. The summed E-state index contributed by atoms with van der Waals surface area (Å²) in [5, 5.41) is 11.6. The maximum absolute atomic E-state index is 9.84. The Balaban J connectivity index is 2.12. The molecular weight excluding hydrogens is 158 g/mol. The largest absolute Gasteiger partial charge is 0.381 e. The summed E-state index contributed by atoms with van der Waals surface area (Å²) < 4.78 is 0. The van der Waals surface area contributed by atoms with Crippen molar-refractivity contribution >= 4 is 0 Å². The van der Waals surface area contributed by atoms with Crippen molar-refractivity contribution in [1.29, 1.82) is 0 Å². The fourth-order valence-corrected chi connectivity index (χ4v) is 1.34. The van der Waals surface area contributed by atoms with Gasteiger partial charge in [-0.25, -0.2) is 0 Å². The molecule has 0 atom stereocenters. The summed E-state index contributed by atoms with van der Waals surface area (Å²) >= 11 is 0. The highest BCUT2D eigenvalue weighted by Gasteiger charge is 2.14. The van der Waals surface area contributed by atoms with Gasteiger partial charge >= 0.3 is 0 Å². The van der Waals surface area contributed by atoms with Crippen LogP contribution in [-0.2, 0) is 0 Å². The van der Waals surface area contributed by atoms with Crippen LogP contribution in [0.5, 0.6) is 0 Å². The van der Waals surface area contributed by atoms with Gasteiger partial charge in [-0.05, 0) is 0 Å². The molecule has 1 heterocycles. The fourth-order valence-electron chi connectivity index (χ4n) is 1.34. The number of nitroso groups, excluding NO2 is 1. The summed E-state index contributed by atoms with van der Waals surface area (Å²) in [6.45, 7) is 4.89. The lowest BCUT2D eigenvalue weighted by molar-refractivity contribution is 0.0555. The molecule has 0 aromatic rings. The molecule has 1 aliphatic heterocycles. The average Bonchev–Trinajstić information content (AvgIpc) is 2.15. The molecular formula is C7H15N3O2. The first-order chi connectivity index (χ1) is 5.86. The second kappa shape index (κ2) is 5.18. The van der Waals surface area contributed by atoms with Gasteiger partial charge in [0.05, 0.1) is 13.3 Å². The molecule has 1 rings (SSSR count). The fraction of sp³-hybridized carbons (Fsp3) is 1.00. The number of hydrogen-bond acceptors (Lipinski definition) is 5. The van der Waals surface area contributed by atoms with Crippen molar-refractivity contribution in [2.75, 3.05) is 46.0 Å². The van der Waals surface area contributed by atoms with Gasteiger partial charge in [-0.2, -0.15) is 4.91 Å². The number of nitrogens with zero attached hydrogens (tertiary/aromatic N) is 3. The number of aliphatic hydroxyl groups excluding tert-OH is 1. The highest BCUT2D eigenvalue weighted by Crippen LogP contribution is 1.99. The first-order valence-electron chi connectivity index (χ1n) is 4.21. The first-order valence-corrected chi connectivity index (χ1v) is 4.21. The molecule has 1 N–H and O–H groups in total. The van der Waals surface area contributed by atoms with Crippen LogP contribution >= 0.6 is 0 Å². The number of hydrogen-bond donors (Lipinski definition) is 1. The third-order valence-corrected chi connectivity index (χ3v) is 2.17. The van der Waals surface area contributed by atoms with Crippen LogP contribution in [0.4, 0.5) is 0 Å². The summed E-state index contributed by atoms with van der Waals surface area (Å²) in [4.78, 5) is 14.0. The van der Waals surface area contributed by atoms with Gasteiger partial charge in [0.25, 0.3) is 0 Å². The zero-order valence-corrected chi connectivity index (χ0v) is 7.15. The Hall–Kier alpha value is -0.520. The van der Waals surface area contributed by atoms with Gasteiger partial charge in [-0.15, -0.1) is 0 Å². The van der Waals surface area contributed by atoms with Crippen molar-refractivity contribution in [2.45, 2.75) is 0 Å². The Morgan fingerprint density at radius 2 is 1.75 bits per heavy atom. The van der Waals surface area contributed by atoms with Crippen molar-refractivity contribution in [3.05, 3.63) is 4.91 Å². The monoisotopic (exact) mass is 173 g/mol. The lowest BCUT2D eigenvalue weighted by Crippen LogP contribution is -2.47. The van der Waals surface area contributed by atoms with E-state index in [1.165, 1.54) is 0 Å². The van der Waals surface area contributed by atoms with E-state index in [1.54, 1.807) is 0 Å². The number of aliphatic hydroxyl groups is 1. The molecule has 5 heteroatoms. The van der Waals surface area contributed by atoms with Gasteiger partial charge in [-0.3, -0.25) is 9.80 Å². The SMILES string of the molecule is O=NCCN1CCN(CO)CC1. The molecule has 1 fully saturated rings. The van der Waals surface area contributed by atoms with Crippen LogP contribution < -0.4 is 0 Å². The van der Waals surface area contributed by atoms with Crippen molar-refractivity contribution in [2.24, 2.45) is 5.18 Å². The van der Waals surface area contributed by atoms with Crippen molar-refractivity contribution in [3.63, 3.8) is 0 Å². The van der Waals surface area contributed by atoms with E-state index in [2.05, 4.69) is 10.1 Å². The van der Waals surface area contributed by atoms with Gasteiger partial charge in [0, 0.05) is 32.7 Å². The van der Waals surface area contributed by atoms with Gasteiger partial charge in [0.2, 0.25) is 0 Å². The highest BCUT2D eigenvalue weighted by atomic mass is 16.3. The first kappa shape index (κ1) is 9.57. The minimum atomic E-state index is 0.139. The summed E-state index contributed by atoms with van der Waals surface area (Å²) in [5.74, 6) is 0. The third kappa shape index (κ3) is 2.84. The van der Waals surface area contributed by atoms with Crippen molar-refractivity contribution in [3.8, 4) is 0 Å². The molecule has 0 amide bonds. The Morgan fingerprint density at radius 1 is 1.17 bits per heavy atom.